The number of hydrogen-bond acceptors (Lipinski definition) is 10. The Morgan fingerprint density at radius 3 is 2.13 bits per heavy atom. The van der Waals surface area contributed by atoms with Gasteiger partial charge in [-0.15, -0.1) is 0 Å². The Morgan fingerprint density at radius 2 is 1.54 bits per heavy atom. The number of anilines is 3. The zero-order valence-electron chi connectivity index (χ0n) is 30.9. The molecule has 1 heterocycles. The van der Waals surface area contributed by atoms with E-state index >= 15 is 4.39 Å². The molecule has 0 unspecified atom stereocenters. The number of amides is 2. The maximum absolute atomic E-state index is 15.0. The summed E-state index contributed by atoms with van der Waals surface area (Å²) in [6, 6.07) is 13.7. The number of pyridine rings is 1. The number of fused-ring (bicyclic) bond motifs is 1. The minimum Gasteiger partial charge on any atom is -0.497 e. The van der Waals surface area contributed by atoms with Crippen molar-refractivity contribution in [3.05, 3.63) is 87.5 Å². The van der Waals surface area contributed by atoms with Crippen LogP contribution in [0.25, 0.3) is 10.9 Å². The lowest BCUT2D eigenvalue weighted by atomic mass is 10.0. The number of hydrogen-bond donors (Lipinski definition) is 4. The van der Waals surface area contributed by atoms with Crippen molar-refractivity contribution in [1.29, 1.82) is 0 Å². The molecule has 52 heavy (non-hydrogen) atoms. The molecule has 13 nitrogen and oxygen atoms in total. The van der Waals surface area contributed by atoms with E-state index in [0.29, 0.717) is 28.4 Å². The number of halogens is 1. The fourth-order valence-corrected chi connectivity index (χ4v) is 5.30. The van der Waals surface area contributed by atoms with Crippen molar-refractivity contribution < 1.29 is 37.7 Å². The van der Waals surface area contributed by atoms with Gasteiger partial charge in [-0.3, -0.25) is 9.59 Å². The molecule has 0 saturated heterocycles. The topological polar surface area (TPSA) is 160 Å². The van der Waals surface area contributed by atoms with Gasteiger partial charge >= 0.3 is 12.1 Å². The normalized spacial score (nSPS) is 11.4. The van der Waals surface area contributed by atoms with E-state index in [4.69, 9.17) is 18.9 Å². The number of esters is 1. The summed E-state index contributed by atoms with van der Waals surface area (Å²) in [5.41, 5.74) is -0.750. The highest BCUT2D eigenvalue weighted by molar-refractivity contribution is 6.14. The van der Waals surface area contributed by atoms with Gasteiger partial charge < -0.3 is 44.8 Å². The summed E-state index contributed by atoms with van der Waals surface area (Å²) in [5, 5.41) is 8.82. The maximum atomic E-state index is 15.0. The molecule has 0 fully saturated rings. The van der Waals surface area contributed by atoms with Crippen LogP contribution in [0.1, 0.15) is 67.8 Å². The van der Waals surface area contributed by atoms with E-state index in [0.717, 1.165) is 0 Å². The van der Waals surface area contributed by atoms with Crippen LogP contribution in [-0.4, -0.2) is 68.5 Å². The smallest absolute Gasteiger partial charge is 0.407 e. The first-order valence-corrected chi connectivity index (χ1v) is 16.6. The number of aromatic nitrogens is 1. The van der Waals surface area contributed by atoms with Crippen molar-refractivity contribution in [2.75, 3.05) is 49.9 Å². The SMILES string of the molecule is CNc1cc(F)cc2c(NCCNC(=O)OC(C)(C)C)c(C(=O)N(Cc3ccc(OC)cc3OC)c3ccc(C(=O)OC(C)(C)C)cc3)c(=O)[nH]c12. The average Bonchev–Trinajstić information content (AvgIpc) is 3.07. The van der Waals surface area contributed by atoms with Gasteiger partial charge in [-0.05, 0) is 90.1 Å². The van der Waals surface area contributed by atoms with Crippen LogP contribution in [-0.2, 0) is 16.0 Å². The summed E-state index contributed by atoms with van der Waals surface area (Å²) in [6.07, 6.45) is -0.653. The summed E-state index contributed by atoms with van der Waals surface area (Å²) in [4.78, 5) is 58.0. The minimum absolute atomic E-state index is 0.0420. The number of benzene rings is 3. The van der Waals surface area contributed by atoms with Crippen molar-refractivity contribution in [2.45, 2.75) is 59.3 Å². The van der Waals surface area contributed by atoms with Gasteiger partial charge in [0.25, 0.3) is 11.5 Å². The highest BCUT2D eigenvalue weighted by Crippen LogP contribution is 2.33. The lowest BCUT2D eigenvalue weighted by molar-refractivity contribution is 0.00691. The summed E-state index contributed by atoms with van der Waals surface area (Å²) in [6.45, 7) is 10.5. The Bertz CT molecular complexity index is 2000. The molecular weight excluding hydrogens is 673 g/mol. The Labute approximate surface area is 301 Å². The van der Waals surface area contributed by atoms with E-state index in [-0.39, 0.29) is 47.4 Å². The van der Waals surface area contributed by atoms with Gasteiger partial charge in [0.05, 0.1) is 43.2 Å². The van der Waals surface area contributed by atoms with Crippen LogP contribution in [0.2, 0.25) is 0 Å². The number of aromatic amines is 1. The molecule has 0 atom stereocenters. The van der Waals surface area contributed by atoms with Crippen molar-refractivity contribution in [1.82, 2.24) is 10.3 Å². The van der Waals surface area contributed by atoms with Crippen LogP contribution < -0.4 is 35.9 Å². The van der Waals surface area contributed by atoms with Gasteiger partial charge in [0.15, 0.2) is 0 Å². The number of nitrogens with zero attached hydrogens (tertiary/aromatic N) is 1. The van der Waals surface area contributed by atoms with Crippen LogP contribution in [0, 0.1) is 5.82 Å². The van der Waals surface area contributed by atoms with E-state index < -0.39 is 40.5 Å². The minimum atomic E-state index is -0.750. The maximum Gasteiger partial charge on any atom is 0.407 e. The third kappa shape index (κ3) is 9.71. The van der Waals surface area contributed by atoms with E-state index in [1.807, 2.05) is 0 Å². The number of carbonyl (C=O) groups excluding carboxylic acids is 3. The third-order valence-corrected chi connectivity index (χ3v) is 7.55. The van der Waals surface area contributed by atoms with E-state index in [1.54, 1.807) is 78.9 Å². The van der Waals surface area contributed by atoms with Crippen LogP contribution in [0.5, 0.6) is 11.5 Å². The lowest BCUT2D eigenvalue weighted by Crippen LogP contribution is -2.37. The second-order valence-corrected chi connectivity index (χ2v) is 13.8. The molecule has 0 saturated carbocycles. The largest absolute Gasteiger partial charge is 0.497 e. The molecule has 4 aromatic rings. The van der Waals surface area contributed by atoms with Gasteiger partial charge in [0, 0.05) is 42.8 Å². The first kappa shape index (κ1) is 39.0. The average molecular weight is 720 g/mol. The zero-order chi connectivity index (χ0) is 38.4. The summed E-state index contributed by atoms with van der Waals surface area (Å²) >= 11 is 0. The molecule has 2 amide bonds. The fraction of sp³-hybridized carbons (Fsp3) is 0.368. The molecule has 278 valence electrons. The Morgan fingerprint density at radius 1 is 0.865 bits per heavy atom. The van der Waals surface area contributed by atoms with Gasteiger partial charge in [-0.25, -0.2) is 14.0 Å². The highest BCUT2D eigenvalue weighted by Gasteiger charge is 2.28. The fourth-order valence-electron chi connectivity index (χ4n) is 5.30. The number of nitrogens with one attached hydrogen (secondary N) is 4. The van der Waals surface area contributed by atoms with Crippen molar-refractivity contribution in [2.24, 2.45) is 0 Å². The van der Waals surface area contributed by atoms with Gasteiger partial charge in [0.1, 0.15) is 34.1 Å². The molecule has 4 N–H and O–H groups in total. The summed E-state index contributed by atoms with van der Waals surface area (Å²) < 4.78 is 36.8. The number of carbonyl (C=O) groups is 3. The monoisotopic (exact) mass is 719 g/mol. The number of alkyl carbamates (subject to hydrolysis) is 1. The molecule has 1 aromatic heterocycles. The first-order valence-electron chi connectivity index (χ1n) is 16.6. The van der Waals surface area contributed by atoms with E-state index in [1.165, 1.54) is 43.4 Å². The Kier molecular flexibility index (Phi) is 12.0. The molecule has 0 bridgehead atoms. The van der Waals surface area contributed by atoms with Crippen LogP contribution in [0.15, 0.2) is 59.4 Å². The number of ether oxygens (including phenoxy) is 4. The van der Waals surface area contributed by atoms with Crippen molar-refractivity contribution in [3.8, 4) is 11.5 Å². The van der Waals surface area contributed by atoms with Crippen molar-refractivity contribution >= 4 is 45.9 Å². The number of H-pyrrole nitrogens is 1. The second kappa shape index (κ2) is 16.0. The Hall–Kier alpha value is -5.79. The quantitative estimate of drug-likeness (QED) is 0.0945. The number of rotatable bonds is 12. The van der Waals surface area contributed by atoms with Crippen LogP contribution in [0.3, 0.4) is 0 Å². The van der Waals surface area contributed by atoms with Crippen LogP contribution >= 0.6 is 0 Å². The molecule has 0 aliphatic carbocycles. The predicted molar refractivity (Wildman–Crippen MR) is 198 cm³/mol. The molecule has 0 aliphatic heterocycles. The summed E-state index contributed by atoms with van der Waals surface area (Å²) in [5.74, 6) is -0.963. The lowest BCUT2D eigenvalue weighted by Gasteiger charge is -2.26. The second-order valence-electron chi connectivity index (χ2n) is 13.8. The van der Waals surface area contributed by atoms with Gasteiger partial charge in [-0.2, -0.15) is 0 Å². The summed E-state index contributed by atoms with van der Waals surface area (Å²) in [7, 11) is 4.58. The van der Waals surface area contributed by atoms with E-state index in [2.05, 4.69) is 20.9 Å². The first-order chi connectivity index (χ1) is 24.4. The molecule has 0 radical (unpaired) electrons. The molecule has 0 spiro atoms. The van der Waals surface area contributed by atoms with Crippen molar-refractivity contribution in [3.63, 3.8) is 0 Å². The third-order valence-electron chi connectivity index (χ3n) is 7.55. The Balaban J connectivity index is 1.85. The van der Waals surface area contributed by atoms with Gasteiger partial charge in [-0.1, -0.05) is 0 Å². The molecule has 4 rings (SSSR count). The molecule has 14 heteroatoms. The predicted octanol–water partition coefficient (Wildman–Crippen LogP) is 6.47. The standard InChI is InChI=1S/C38H46FN5O8/c1-37(2,3)51-35(47)22-10-13-25(14-11-22)44(21-23-12-15-26(49-8)20-29(23)50-9)34(46)30-32(41-16-17-42-36(48)52-38(4,5)6)27-18-24(39)19-28(40-7)31(27)43-33(30)45/h10-15,18-20,40H,16-17,21H2,1-9H3,(H,42,48)(H2,41,43,45). The number of methoxy groups -OCH3 is 2. The highest BCUT2D eigenvalue weighted by atomic mass is 19.1. The zero-order valence-corrected chi connectivity index (χ0v) is 30.9. The molecule has 3 aromatic carbocycles. The molecular formula is C38H46FN5O8. The molecule has 0 aliphatic rings. The van der Waals surface area contributed by atoms with Crippen LogP contribution in [0.4, 0.5) is 26.2 Å². The van der Waals surface area contributed by atoms with E-state index in [9.17, 15) is 19.2 Å². The van der Waals surface area contributed by atoms with Gasteiger partial charge in [0.2, 0.25) is 0 Å².